The van der Waals surface area contributed by atoms with Gasteiger partial charge in [-0.25, -0.2) is 0 Å². The fourth-order valence-electron chi connectivity index (χ4n) is 2.35. The van der Waals surface area contributed by atoms with Crippen LogP contribution in [0.15, 0.2) is 24.3 Å². The topological polar surface area (TPSA) is 90.7 Å². The monoisotopic (exact) mass is 332 g/mol. The van der Waals surface area contributed by atoms with Gasteiger partial charge in [-0.15, -0.1) is 11.3 Å². The Bertz CT molecular complexity index is 784. The van der Waals surface area contributed by atoms with Crippen LogP contribution < -0.4 is 20.5 Å². The molecule has 0 saturated carbocycles. The van der Waals surface area contributed by atoms with E-state index in [4.69, 9.17) is 15.2 Å². The number of rotatable bonds is 3. The highest BCUT2D eigenvalue weighted by Gasteiger charge is 2.29. The number of amides is 2. The zero-order chi connectivity index (χ0) is 16.6. The lowest BCUT2D eigenvalue weighted by Gasteiger charge is -2.25. The van der Waals surface area contributed by atoms with Crippen LogP contribution in [-0.4, -0.2) is 24.5 Å². The van der Waals surface area contributed by atoms with Crippen molar-refractivity contribution in [2.45, 2.75) is 20.0 Å². The number of nitrogens with one attached hydrogen (secondary N) is 1. The van der Waals surface area contributed by atoms with Gasteiger partial charge in [-0.3, -0.25) is 9.59 Å². The van der Waals surface area contributed by atoms with Gasteiger partial charge in [0, 0.05) is 4.88 Å². The van der Waals surface area contributed by atoms with E-state index in [0.29, 0.717) is 22.1 Å². The van der Waals surface area contributed by atoms with Crippen LogP contribution in [0.5, 0.6) is 11.5 Å². The number of aryl methyl sites for hydroxylation is 1. The molecule has 2 aromatic rings. The Morgan fingerprint density at radius 2 is 1.96 bits per heavy atom. The van der Waals surface area contributed by atoms with Crippen LogP contribution >= 0.6 is 11.3 Å². The summed E-state index contributed by atoms with van der Waals surface area (Å²) in [7, 11) is 0. The number of benzene rings is 1. The minimum absolute atomic E-state index is 0.109. The summed E-state index contributed by atoms with van der Waals surface area (Å²) in [6.45, 7) is 3.79. The molecule has 1 atom stereocenters. The zero-order valence-corrected chi connectivity index (χ0v) is 13.5. The number of anilines is 1. The van der Waals surface area contributed by atoms with Crippen molar-refractivity contribution in [2.75, 3.05) is 11.9 Å². The molecule has 7 heteroatoms. The Morgan fingerprint density at radius 3 is 2.65 bits per heavy atom. The van der Waals surface area contributed by atoms with E-state index in [0.717, 1.165) is 10.4 Å². The molecule has 3 N–H and O–H groups in total. The first-order chi connectivity index (χ1) is 11.0. The number of primary amides is 1. The lowest BCUT2D eigenvalue weighted by molar-refractivity contribution is -0.125. The molecule has 2 amide bonds. The summed E-state index contributed by atoms with van der Waals surface area (Å²) in [6, 6.07) is 7.16. The van der Waals surface area contributed by atoms with Crippen molar-refractivity contribution in [3.05, 3.63) is 40.3 Å². The largest absolute Gasteiger partial charge is 0.485 e. The van der Waals surface area contributed by atoms with Gasteiger partial charge in [-0.05, 0) is 31.5 Å². The molecule has 0 unspecified atom stereocenters. The predicted molar refractivity (Wildman–Crippen MR) is 87.3 cm³/mol. The standard InChI is InChI=1S/C16H16N2O4S/c1-8-9(2)23-16(13(8)14(17)19)18-15(20)12-7-21-10-5-3-4-6-11(10)22-12/h3-6,12H,7H2,1-2H3,(H2,17,19)(H,18,20)/t12-/m0/s1. The normalized spacial score (nSPS) is 16.0. The smallest absolute Gasteiger partial charge is 0.269 e. The Morgan fingerprint density at radius 1 is 1.26 bits per heavy atom. The number of nitrogens with two attached hydrogens (primary N) is 1. The van der Waals surface area contributed by atoms with Crippen molar-refractivity contribution < 1.29 is 19.1 Å². The molecule has 1 aromatic carbocycles. The molecule has 1 aromatic heterocycles. The third-order valence-electron chi connectivity index (χ3n) is 3.67. The van der Waals surface area contributed by atoms with Gasteiger partial charge in [-0.2, -0.15) is 0 Å². The fraction of sp³-hybridized carbons (Fsp3) is 0.250. The Kier molecular flexibility index (Phi) is 3.96. The van der Waals surface area contributed by atoms with Gasteiger partial charge in [0.1, 0.15) is 11.6 Å². The summed E-state index contributed by atoms with van der Waals surface area (Å²) in [5.74, 6) is 0.196. The maximum atomic E-state index is 12.4. The van der Waals surface area contributed by atoms with Gasteiger partial charge in [0.2, 0.25) is 6.10 Å². The quantitative estimate of drug-likeness (QED) is 0.902. The maximum absolute atomic E-state index is 12.4. The number of hydrogen-bond acceptors (Lipinski definition) is 5. The van der Waals surface area contributed by atoms with Gasteiger partial charge < -0.3 is 20.5 Å². The maximum Gasteiger partial charge on any atom is 0.269 e. The van der Waals surface area contributed by atoms with Crippen LogP contribution in [0.3, 0.4) is 0 Å². The molecule has 120 valence electrons. The van der Waals surface area contributed by atoms with Gasteiger partial charge in [-0.1, -0.05) is 12.1 Å². The average Bonchev–Trinajstić information content (AvgIpc) is 2.81. The predicted octanol–water partition coefficient (Wildman–Crippen LogP) is 2.24. The van der Waals surface area contributed by atoms with E-state index in [1.165, 1.54) is 11.3 Å². The highest BCUT2D eigenvalue weighted by Crippen LogP contribution is 2.34. The molecular weight excluding hydrogens is 316 g/mol. The van der Waals surface area contributed by atoms with Crippen LogP contribution in [0, 0.1) is 13.8 Å². The molecule has 0 aliphatic carbocycles. The van der Waals surface area contributed by atoms with Crippen molar-refractivity contribution in [3.63, 3.8) is 0 Å². The molecule has 0 fully saturated rings. The first kappa shape index (κ1) is 15.4. The molecule has 0 spiro atoms. The van der Waals surface area contributed by atoms with Crippen molar-refractivity contribution >= 4 is 28.2 Å². The molecule has 0 bridgehead atoms. The van der Waals surface area contributed by atoms with Crippen LogP contribution in [-0.2, 0) is 4.79 Å². The minimum Gasteiger partial charge on any atom is -0.485 e. The lowest BCUT2D eigenvalue weighted by Crippen LogP contribution is -2.40. The van der Waals surface area contributed by atoms with Crippen molar-refractivity contribution in [2.24, 2.45) is 5.73 Å². The van der Waals surface area contributed by atoms with Gasteiger partial charge in [0.25, 0.3) is 11.8 Å². The third kappa shape index (κ3) is 2.87. The van der Waals surface area contributed by atoms with E-state index in [1.807, 2.05) is 13.0 Å². The lowest BCUT2D eigenvalue weighted by atomic mass is 10.1. The summed E-state index contributed by atoms with van der Waals surface area (Å²) >= 11 is 1.32. The minimum atomic E-state index is -0.784. The Labute approximate surface area is 137 Å². The fourth-order valence-corrected chi connectivity index (χ4v) is 3.42. The number of carbonyl (C=O) groups excluding carboxylic acids is 2. The molecule has 1 aliphatic rings. The summed E-state index contributed by atoms with van der Waals surface area (Å²) in [4.78, 5) is 24.9. The number of hydrogen-bond donors (Lipinski definition) is 2. The summed E-state index contributed by atoms with van der Waals surface area (Å²) in [5, 5.41) is 3.17. The van der Waals surface area contributed by atoms with E-state index in [-0.39, 0.29) is 12.5 Å². The van der Waals surface area contributed by atoms with Crippen LogP contribution in [0.2, 0.25) is 0 Å². The average molecular weight is 332 g/mol. The van der Waals surface area contributed by atoms with E-state index < -0.39 is 12.0 Å². The van der Waals surface area contributed by atoms with Gasteiger partial charge in [0.05, 0.1) is 5.56 Å². The number of thiophene rings is 1. The molecule has 0 saturated heterocycles. The number of fused-ring (bicyclic) bond motifs is 1. The highest BCUT2D eigenvalue weighted by molar-refractivity contribution is 7.16. The zero-order valence-electron chi connectivity index (χ0n) is 12.7. The van der Waals surface area contributed by atoms with Crippen molar-refractivity contribution in [1.29, 1.82) is 0 Å². The van der Waals surface area contributed by atoms with E-state index >= 15 is 0 Å². The second kappa shape index (κ2) is 5.92. The summed E-state index contributed by atoms with van der Waals surface area (Å²) in [6.07, 6.45) is -0.784. The molecule has 1 aliphatic heterocycles. The first-order valence-corrected chi connectivity index (χ1v) is 7.88. The van der Waals surface area contributed by atoms with E-state index in [2.05, 4.69) is 5.32 Å². The number of para-hydroxylation sites is 2. The van der Waals surface area contributed by atoms with E-state index in [1.54, 1.807) is 25.1 Å². The van der Waals surface area contributed by atoms with Crippen molar-refractivity contribution in [3.8, 4) is 11.5 Å². The number of ether oxygens (including phenoxy) is 2. The second-order valence-electron chi connectivity index (χ2n) is 5.21. The number of carbonyl (C=O) groups is 2. The molecule has 6 nitrogen and oxygen atoms in total. The van der Waals surface area contributed by atoms with E-state index in [9.17, 15) is 9.59 Å². The van der Waals surface area contributed by atoms with Crippen LogP contribution in [0.1, 0.15) is 20.8 Å². The second-order valence-corrected chi connectivity index (χ2v) is 6.43. The highest BCUT2D eigenvalue weighted by atomic mass is 32.1. The van der Waals surface area contributed by atoms with Gasteiger partial charge >= 0.3 is 0 Å². The van der Waals surface area contributed by atoms with Gasteiger partial charge in [0.15, 0.2) is 11.5 Å². The summed E-state index contributed by atoms with van der Waals surface area (Å²) in [5.41, 5.74) is 6.53. The molecule has 3 rings (SSSR count). The Hall–Kier alpha value is -2.54. The Balaban J connectivity index is 1.79. The first-order valence-electron chi connectivity index (χ1n) is 7.06. The SMILES string of the molecule is Cc1sc(NC(=O)[C@@H]2COc3ccccc3O2)c(C(N)=O)c1C. The molecule has 0 radical (unpaired) electrons. The van der Waals surface area contributed by atoms with Crippen molar-refractivity contribution in [1.82, 2.24) is 0 Å². The molecule has 23 heavy (non-hydrogen) atoms. The summed E-state index contributed by atoms with van der Waals surface area (Å²) < 4.78 is 11.2. The third-order valence-corrected chi connectivity index (χ3v) is 4.79. The van der Waals surface area contributed by atoms with Crippen LogP contribution in [0.4, 0.5) is 5.00 Å². The molecular formula is C16H16N2O4S. The van der Waals surface area contributed by atoms with Crippen LogP contribution in [0.25, 0.3) is 0 Å². The molecule has 2 heterocycles.